The van der Waals surface area contributed by atoms with E-state index in [4.69, 9.17) is 0 Å². The molecule has 1 aliphatic rings. The summed E-state index contributed by atoms with van der Waals surface area (Å²) in [5, 5.41) is 3.68. The van der Waals surface area contributed by atoms with Crippen LogP contribution in [0.3, 0.4) is 0 Å². The zero-order valence-corrected chi connectivity index (χ0v) is 12.6. The minimum atomic E-state index is 0.528. The minimum absolute atomic E-state index is 0.528. The fourth-order valence-corrected chi connectivity index (χ4v) is 2.98. The molecule has 2 aromatic rings. The number of nitrogens with zero attached hydrogens (tertiary/aromatic N) is 2. The van der Waals surface area contributed by atoms with Gasteiger partial charge in [-0.3, -0.25) is 9.88 Å². The van der Waals surface area contributed by atoms with E-state index in [2.05, 4.69) is 58.5 Å². The Morgan fingerprint density at radius 2 is 1.95 bits per heavy atom. The molecule has 1 fully saturated rings. The number of rotatable bonds is 4. The fourth-order valence-electron chi connectivity index (χ4n) is 2.98. The first kappa shape index (κ1) is 14.2. The van der Waals surface area contributed by atoms with Crippen molar-refractivity contribution in [2.75, 3.05) is 13.1 Å². The molecule has 0 aliphatic carbocycles. The van der Waals surface area contributed by atoms with Gasteiger partial charge in [0.2, 0.25) is 0 Å². The third-order valence-electron chi connectivity index (χ3n) is 4.21. The summed E-state index contributed by atoms with van der Waals surface area (Å²) in [5.74, 6) is 0. The first-order valence-electron chi connectivity index (χ1n) is 7.71. The van der Waals surface area contributed by atoms with Crippen molar-refractivity contribution in [1.82, 2.24) is 15.2 Å². The Balaban J connectivity index is 1.62. The summed E-state index contributed by atoms with van der Waals surface area (Å²) >= 11 is 0. The Morgan fingerprint density at radius 1 is 1.14 bits per heavy atom. The lowest BCUT2D eigenvalue weighted by molar-refractivity contribution is 0.133. The zero-order valence-electron chi connectivity index (χ0n) is 12.6. The van der Waals surface area contributed by atoms with Gasteiger partial charge in [0.1, 0.15) is 0 Å². The van der Waals surface area contributed by atoms with E-state index in [1.807, 2.05) is 18.5 Å². The van der Waals surface area contributed by atoms with Gasteiger partial charge in [0.15, 0.2) is 0 Å². The molecule has 21 heavy (non-hydrogen) atoms. The number of benzene rings is 1. The van der Waals surface area contributed by atoms with Gasteiger partial charge < -0.3 is 5.32 Å². The predicted octanol–water partition coefficient (Wildman–Crippen LogP) is 2.49. The number of hydrogen-bond donors (Lipinski definition) is 1. The van der Waals surface area contributed by atoms with Crippen LogP contribution in [0.25, 0.3) is 0 Å². The van der Waals surface area contributed by atoms with Crippen LogP contribution in [-0.2, 0) is 13.0 Å². The molecule has 2 atom stereocenters. The van der Waals surface area contributed by atoms with Crippen LogP contribution in [-0.4, -0.2) is 35.1 Å². The summed E-state index contributed by atoms with van der Waals surface area (Å²) in [5.41, 5.74) is 2.70. The van der Waals surface area contributed by atoms with Crippen LogP contribution < -0.4 is 5.32 Å². The Hall–Kier alpha value is -1.71. The second-order valence-corrected chi connectivity index (χ2v) is 5.93. The average molecular weight is 281 g/mol. The van der Waals surface area contributed by atoms with E-state index < -0.39 is 0 Å². The zero-order chi connectivity index (χ0) is 14.5. The number of aromatic nitrogens is 1. The van der Waals surface area contributed by atoms with E-state index >= 15 is 0 Å². The van der Waals surface area contributed by atoms with Crippen molar-refractivity contribution in [3.05, 3.63) is 66.0 Å². The Kier molecular flexibility index (Phi) is 4.63. The standard InChI is InChI=1S/C18H23N3/c1-15-11-20-18(10-16-6-3-2-4-7-16)14-21(15)13-17-8-5-9-19-12-17/h2-9,12,15,18,20H,10-11,13-14H2,1H3. The van der Waals surface area contributed by atoms with Gasteiger partial charge in [0.05, 0.1) is 0 Å². The normalized spacial score (nSPS) is 23.1. The van der Waals surface area contributed by atoms with Crippen LogP contribution >= 0.6 is 0 Å². The van der Waals surface area contributed by atoms with Crippen LogP contribution in [0.1, 0.15) is 18.1 Å². The van der Waals surface area contributed by atoms with Gasteiger partial charge in [-0.15, -0.1) is 0 Å². The SMILES string of the molecule is CC1CNC(Cc2ccccc2)CN1Cc1cccnc1. The molecule has 1 aliphatic heterocycles. The van der Waals surface area contributed by atoms with Crippen LogP contribution in [0.15, 0.2) is 54.9 Å². The molecule has 0 amide bonds. The lowest BCUT2D eigenvalue weighted by Crippen LogP contribution is -2.55. The molecule has 3 rings (SSSR count). The molecule has 110 valence electrons. The highest BCUT2D eigenvalue weighted by Gasteiger charge is 2.24. The molecule has 3 heteroatoms. The highest BCUT2D eigenvalue weighted by molar-refractivity contribution is 5.16. The smallest absolute Gasteiger partial charge is 0.0312 e. The third-order valence-corrected chi connectivity index (χ3v) is 4.21. The lowest BCUT2D eigenvalue weighted by Gasteiger charge is -2.39. The van der Waals surface area contributed by atoms with Crippen molar-refractivity contribution in [3.63, 3.8) is 0 Å². The van der Waals surface area contributed by atoms with Gasteiger partial charge in [0.25, 0.3) is 0 Å². The molecule has 1 N–H and O–H groups in total. The summed E-state index contributed by atoms with van der Waals surface area (Å²) < 4.78 is 0. The lowest BCUT2D eigenvalue weighted by atomic mass is 10.0. The van der Waals surface area contributed by atoms with Crippen molar-refractivity contribution in [2.24, 2.45) is 0 Å². The number of hydrogen-bond acceptors (Lipinski definition) is 3. The summed E-state index contributed by atoms with van der Waals surface area (Å²) in [6.45, 7) is 5.42. The van der Waals surface area contributed by atoms with E-state index in [9.17, 15) is 0 Å². The molecule has 0 bridgehead atoms. The van der Waals surface area contributed by atoms with E-state index in [1.165, 1.54) is 11.1 Å². The molecule has 0 spiro atoms. The van der Waals surface area contributed by atoms with Gasteiger partial charge >= 0.3 is 0 Å². The van der Waals surface area contributed by atoms with Crippen molar-refractivity contribution >= 4 is 0 Å². The summed E-state index contributed by atoms with van der Waals surface area (Å²) in [6.07, 6.45) is 4.90. The maximum atomic E-state index is 4.22. The molecule has 1 aromatic carbocycles. The molecular formula is C18H23N3. The summed E-state index contributed by atoms with van der Waals surface area (Å²) in [4.78, 5) is 6.78. The predicted molar refractivity (Wildman–Crippen MR) is 86.0 cm³/mol. The van der Waals surface area contributed by atoms with E-state index in [1.54, 1.807) is 0 Å². The topological polar surface area (TPSA) is 28.2 Å². The van der Waals surface area contributed by atoms with Crippen LogP contribution in [0.5, 0.6) is 0 Å². The quantitative estimate of drug-likeness (QED) is 0.933. The molecule has 0 radical (unpaired) electrons. The minimum Gasteiger partial charge on any atom is -0.311 e. The van der Waals surface area contributed by atoms with Crippen molar-refractivity contribution in [2.45, 2.75) is 32.0 Å². The Labute approximate surface area is 127 Å². The molecule has 1 saturated heterocycles. The molecule has 1 aromatic heterocycles. The molecular weight excluding hydrogens is 258 g/mol. The van der Waals surface area contributed by atoms with Gasteiger partial charge in [-0.1, -0.05) is 36.4 Å². The van der Waals surface area contributed by atoms with Gasteiger partial charge in [-0.2, -0.15) is 0 Å². The van der Waals surface area contributed by atoms with Crippen molar-refractivity contribution in [1.29, 1.82) is 0 Å². The molecule has 0 saturated carbocycles. The second-order valence-electron chi connectivity index (χ2n) is 5.93. The molecule has 3 nitrogen and oxygen atoms in total. The number of pyridine rings is 1. The highest BCUT2D eigenvalue weighted by atomic mass is 15.2. The molecule has 2 heterocycles. The van der Waals surface area contributed by atoms with E-state index in [0.29, 0.717) is 12.1 Å². The van der Waals surface area contributed by atoms with Gasteiger partial charge in [-0.25, -0.2) is 0 Å². The van der Waals surface area contributed by atoms with Crippen LogP contribution in [0.2, 0.25) is 0 Å². The van der Waals surface area contributed by atoms with Gasteiger partial charge in [-0.05, 0) is 30.5 Å². The average Bonchev–Trinajstić information content (AvgIpc) is 2.53. The first-order valence-corrected chi connectivity index (χ1v) is 7.71. The fraction of sp³-hybridized carbons (Fsp3) is 0.389. The number of nitrogens with one attached hydrogen (secondary N) is 1. The van der Waals surface area contributed by atoms with E-state index in [0.717, 1.165) is 26.1 Å². The summed E-state index contributed by atoms with van der Waals surface area (Å²) in [6, 6.07) is 16.0. The Bertz CT molecular complexity index is 541. The second kappa shape index (κ2) is 6.83. The summed E-state index contributed by atoms with van der Waals surface area (Å²) in [7, 11) is 0. The Morgan fingerprint density at radius 3 is 2.71 bits per heavy atom. The molecule has 2 unspecified atom stereocenters. The largest absolute Gasteiger partial charge is 0.311 e. The monoisotopic (exact) mass is 281 g/mol. The van der Waals surface area contributed by atoms with Gasteiger partial charge in [0, 0.05) is 44.1 Å². The maximum absolute atomic E-state index is 4.22. The van der Waals surface area contributed by atoms with Crippen molar-refractivity contribution in [3.8, 4) is 0 Å². The van der Waals surface area contributed by atoms with Crippen LogP contribution in [0, 0.1) is 0 Å². The van der Waals surface area contributed by atoms with Crippen molar-refractivity contribution < 1.29 is 0 Å². The maximum Gasteiger partial charge on any atom is 0.0312 e. The first-order chi connectivity index (χ1) is 10.3. The van der Waals surface area contributed by atoms with Crippen LogP contribution in [0.4, 0.5) is 0 Å². The highest BCUT2D eigenvalue weighted by Crippen LogP contribution is 2.14. The van der Waals surface area contributed by atoms with E-state index in [-0.39, 0.29) is 0 Å². The third kappa shape index (κ3) is 3.90. The number of piperazine rings is 1.